The first-order chi connectivity index (χ1) is 15.6. The second kappa shape index (κ2) is 6.35. The van der Waals surface area contributed by atoms with E-state index in [1.165, 1.54) is 85.1 Å². The maximum Gasteiger partial charge on any atom is 0.224 e. The van der Waals surface area contributed by atoms with Crippen molar-refractivity contribution in [2.45, 2.75) is 33.1 Å². The first-order valence-electron chi connectivity index (χ1n) is 11.9. The van der Waals surface area contributed by atoms with Crippen molar-refractivity contribution >= 4 is 54.7 Å². The Morgan fingerprint density at radius 3 is 2.47 bits per heavy atom. The number of para-hydroxylation sites is 1. The van der Waals surface area contributed by atoms with Crippen molar-refractivity contribution in [3.05, 3.63) is 65.9 Å². The van der Waals surface area contributed by atoms with Gasteiger partial charge in [-0.25, -0.2) is 4.57 Å². The molecule has 0 N–H and O–H groups in total. The first kappa shape index (κ1) is 18.3. The lowest BCUT2D eigenvalue weighted by Gasteiger charge is -2.29. The number of benzene rings is 3. The predicted octanol–water partition coefficient (Wildman–Crippen LogP) is 6.42. The van der Waals surface area contributed by atoms with E-state index < -0.39 is 0 Å². The van der Waals surface area contributed by atoms with Crippen molar-refractivity contribution in [1.29, 1.82) is 0 Å². The fourth-order valence-electron chi connectivity index (χ4n) is 6.18. The third-order valence-corrected chi connectivity index (χ3v) is 7.88. The fourth-order valence-corrected chi connectivity index (χ4v) is 6.18. The second-order valence-corrected chi connectivity index (χ2v) is 9.69. The standard InChI is InChI=1S/C29H28N3/c1-18-15-23-22-9-5-6-10-24(22)32-25-17-21(31-12-7-4-8-13-31)16-20-11-14-30(3)29(27(20)25)26(19(18)2)28(23)32/h5-6,9-11,14-17H,4,7-8,12-13H2,1-3H3/q+1. The van der Waals surface area contributed by atoms with Gasteiger partial charge in [0.15, 0.2) is 6.20 Å². The van der Waals surface area contributed by atoms with Gasteiger partial charge in [0.05, 0.1) is 27.3 Å². The van der Waals surface area contributed by atoms with Gasteiger partial charge in [-0.1, -0.05) is 18.2 Å². The summed E-state index contributed by atoms with van der Waals surface area (Å²) in [6.07, 6.45) is 6.18. The van der Waals surface area contributed by atoms with Gasteiger partial charge in [0.1, 0.15) is 7.05 Å². The number of hydrogen-bond acceptors (Lipinski definition) is 1. The summed E-state index contributed by atoms with van der Waals surface area (Å²) in [6.45, 7) is 6.87. The van der Waals surface area contributed by atoms with Gasteiger partial charge in [-0.15, -0.1) is 0 Å². The minimum absolute atomic E-state index is 1.16. The molecule has 3 nitrogen and oxygen atoms in total. The van der Waals surface area contributed by atoms with E-state index in [0.29, 0.717) is 0 Å². The molecular formula is C29H28N3+. The molecule has 7 rings (SSSR count). The third-order valence-electron chi connectivity index (χ3n) is 7.88. The molecule has 0 amide bonds. The van der Waals surface area contributed by atoms with Crippen molar-refractivity contribution in [3.8, 4) is 0 Å². The van der Waals surface area contributed by atoms with Crippen LogP contribution in [0.25, 0.3) is 49.0 Å². The average molecular weight is 419 g/mol. The van der Waals surface area contributed by atoms with E-state index in [2.05, 4.69) is 89.5 Å². The molecular weight excluding hydrogens is 390 g/mol. The van der Waals surface area contributed by atoms with Gasteiger partial charge < -0.3 is 9.30 Å². The largest absolute Gasteiger partial charge is 0.371 e. The first-order valence-corrected chi connectivity index (χ1v) is 11.9. The Bertz CT molecular complexity index is 1680. The normalized spacial score (nSPS) is 15.3. The van der Waals surface area contributed by atoms with Gasteiger partial charge in [-0.05, 0) is 73.9 Å². The van der Waals surface area contributed by atoms with Crippen molar-refractivity contribution in [2.75, 3.05) is 18.0 Å². The summed E-state index contributed by atoms with van der Waals surface area (Å²) < 4.78 is 4.88. The minimum atomic E-state index is 1.16. The van der Waals surface area contributed by atoms with E-state index in [0.717, 1.165) is 13.1 Å². The molecule has 0 spiro atoms. The Balaban J connectivity index is 1.79. The molecule has 158 valence electrons. The Kier molecular flexibility index (Phi) is 3.62. The van der Waals surface area contributed by atoms with Crippen molar-refractivity contribution in [2.24, 2.45) is 7.05 Å². The zero-order valence-corrected chi connectivity index (χ0v) is 19.1. The molecule has 4 heterocycles. The van der Waals surface area contributed by atoms with Gasteiger partial charge in [-0.2, -0.15) is 0 Å². The molecule has 3 aromatic heterocycles. The van der Waals surface area contributed by atoms with E-state index >= 15 is 0 Å². The maximum absolute atomic E-state index is 2.59. The topological polar surface area (TPSA) is 11.5 Å². The number of aryl methyl sites for hydroxylation is 3. The van der Waals surface area contributed by atoms with Crippen LogP contribution in [0.1, 0.15) is 30.4 Å². The van der Waals surface area contributed by atoms with Crippen LogP contribution < -0.4 is 9.47 Å². The van der Waals surface area contributed by atoms with Crippen LogP contribution in [0.4, 0.5) is 5.69 Å². The number of piperidine rings is 1. The molecule has 0 unspecified atom stereocenters. The van der Waals surface area contributed by atoms with Crippen molar-refractivity contribution in [1.82, 2.24) is 4.40 Å². The second-order valence-electron chi connectivity index (χ2n) is 9.69. The highest BCUT2D eigenvalue weighted by molar-refractivity contribution is 6.26. The molecule has 1 aliphatic rings. The van der Waals surface area contributed by atoms with Gasteiger partial charge >= 0.3 is 0 Å². The lowest BCUT2D eigenvalue weighted by molar-refractivity contribution is -0.643. The highest BCUT2D eigenvalue weighted by Crippen LogP contribution is 2.42. The minimum Gasteiger partial charge on any atom is -0.371 e. The van der Waals surface area contributed by atoms with Crippen LogP contribution >= 0.6 is 0 Å². The summed E-state index contributed by atoms with van der Waals surface area (Å²) >= 11 is 0. The Morgan fingerprint density at radius 1 is 0.812 bits per heavy atom. The summed E-state index contributed by atoms with van der Waals surface area (Å²) in [5.74, 6) is 0. The van der Waals surface area contributed by atoms with Gasteiger partial charge in [-0.3, -0.25) is 0 Å². The van der Waals surface area contributed by atoms with E-state index in [1.807, 2.05) is 0 Å². The molecule has 1 saturated heterocycles. The molecule has 6 aromatic rings. The molecule has 1 aliphatic heterocycles. The number of pyridine rings is 2. The van der Waals surface area contributed by atoms with E-state index in [4.69, 9.17) is 0 Å². The van der Waals surface area contributed by atoms with Crippen LogP contribution in [0.3, 0.4) is 0 Å². The molecule has 32 heavy (non-hydrogen) atoms. The molecule has 0 atom stereocenters. The van der Waals surface area contributed by atoms with E-state index in [9.17, 15) is 0 Å². The SMILES string of the molecule is Cc1cc2c3ccccc3n3c4cc(N5CCCCC5)cc5cc[n+](C)c(c(c1C)c23)c54. The molecule has 0 radical (unpaired) electrons. The van der Waals surface area contributed by atoms with Crippen LogP contribution in [0, 0.1) is 13.8 Å². The molecule has 0 aliphatic carbocycles. The predicted molar refractivity (Wildman–Crippen MR) is 135 cm³/mol. The van der Waals surface area contributed by atoms with Crippen LogP contribution in [0.5, 0.6) is 0 Å². The van der Waals surface area contributed by atoms with Crippen molar-refractivity contribution < 1.29 is 4.57 Å². The van der Waals surface area contributed by atoms with Crippen LogP contribution in [-0.2, 0) is 7.05 Å². The lowest BCUT2D eigenvalue weighted by atomic mass is 9.96. The molecule has 3 aromatic carbocycles. The summed E-state index contributed by atoms with van der Waals surface area (Å²) in [7, 11) is 2.20. The van der Waals surface area contributed by atoms with Gasteiger partial charge in [0.25, 0.3) is 0 Å². The molecule has 3 heteroatoms. The van der Waals surface area contributed by atoms with Crippen LogP contribution in [0.15, 0.2) is 54.7 Å². The fraction of sp³-hybridized carbons (Fsp3) is 0.276. The van der Waals surface area contributed by atoms with Crippen LogP contribution in [0.2, 0.25) is 0 Å². The Morgan fingerprint density at radius 2 is 1.62 bits per heavy atom. The number of rotatable bonds is 1. The zero-order chi connectivity index (χ0) is 21.6. The summed E-state index contributed by atoms with van der Waals surface area (Å²) in [5, 5.41) is 6.82. The summed E-state index contributed by atoms with van der Waals surface area (Å²) in [6, 6.07) is 18.5. The summed E-state index contributed by atoms with van der Waals surface area (Å²) in [4.78, 5) is 2.59. The summed E-state index contributed by atoms with van der Waals surface area (Å²) in [5.41, 5.74) is 9.46. The number of anilines is 1. The molecule has 0 bridgehead atoms. The molecule has 1 fully saturated rings. The lowest BCUT2D eigenvalue weighted by Crippen LogP contribution is -2.30. The highest BCUT2D eigenvalue weighted by atomic mass is 15.1. The smallest absolute Gasteiger partial charge is 0.224 e. The maximum atomic E-state index is 2.59. The number of aromatic nitrogens is 2. The number of nitrogens with zero attached hydrogens (tertiary/aromatic N) is 3. The van der Waals surface area contributed by atoms with Gasteiger partial charge in [0.2, 0.25) is 5.52 Å². The quantitative estimate of drug-likeness (QED) is 0.170. The third kappa shape index (κ3) is 2.24. The van der Waals surface area contributed by atoms with Crippen LogP contribution in [-0.4, -0.2) is 17.5 Å². The highest BCUT2D eigenvalue weighted by Gasteiger charge is 2.25. The monoisotopic (exact) mass is 418 g/mol. The van der Waals surface area contributed by atoms with E-state index in [1.54, 1.807) is 0 Å². The average Bonchev–Trinajstić information content (AvgIpc) is 3.15. The van der Waals surface area contributed by atoms with E-state index in [-0.39, 0.29) is 0 Å². The number of fused-ring (bicyclic) bond motifs is 5. The van der Waals surface area contributed by atoms with Gasteiger partial charge in [0, 0.05) is 35.6 Å². The Labute approximate surface area is 187 Å². The molecule has 0 saturated carbocycles. The Hall–Kier alpha value is -3.33. The van der Waals surface area contributed by atoms with Crippen molar-refractivity contribution in [3.63, 3.8) is 0 Å². The zero-order valence-electron chi connectivity index (χ0n) is 19.1. The number of hydrogen-bond donors (Lipinski definition) is 0.